The van der Waals surface area contributed by atoms with Crippen LogP contribution in [0.4, 0.5) is 0 Å². The molecule has 8 heteroatoms. The topological polar surface area (TPSA) is 145 Å². The number of carbonyl (C=O) groups excluding carboxylic acids is 2. The minimum atomic E-state index is -0.805. The summed E-state index contributed by atoms with van der Waals surface area (Å²) in [4.78, 5) is 23.1. The lowest BCUT2D eigenvalue weighted by molar-refractivity contribution is -0.114. The van der Waals surface area contributed by atoms with E-state index in [-0.39, 0.29) is 34.1 Å². The van der Waals surface area contributed by atoms with Crippen LogP contribution in [0, 0.1) is 0 Å². The van der Waals surface area contributed by atoms with E-state index in [0.29, 0.717) is 11.1 Å². The van der Waals surface area contributed by atoms with Crippen LogP contribution in [0.1, 0.15) is 16.7 Å². The molecule has 8 nitrogen and oxygen atoms in total. The number of rotatable bonds is 7. The molecule has 0 fully saturated rings. The van der Waals surface area contributed by atoms with E-state index in [0.717, 1.165) is 6.08 Å². The first-order chi connectivity index (χ1) is 13.3. The van der Waals surface area contributed by atoms with Crippen molar-refractivity contribution in [2.24, 2.45) is 11.5 Å². The van der Waals surface area contributed by atoms with Gasteiger partial charge in [0.25, 0.3) is 0 Å². The Morgan fingerprint density at radius 2 is 1.61 bits per heavy atom. The highest BCUT2D eigenvalue weighted by molar-refractivity contribution is 6.24. The summed E-state index contributed by atoms with van der Waals surface area (Å²) < 4.78 is 10.2. The van der Waals surface area contributed by atoms with Crippen molar-refractivity contribution >= 4 is 29.5 Å². The molecule has 0 spiro atoms. The van der Waals surface area contributed by atoms with Crippen molar-refractivity contribution in [2.75, 3.05) is 14.2 Å². The number of nitrogens with two attached hydrogens (primary N) is 2. The molecular weight excluding hydrogens is 364 g/mol. The summed E-state index contributed by atoms with van der Waals surface area (Å²) in [6.45, 7) is 0. The Kier molecular flexibility index (Phi) is 6.28. The molecule has 0 bridgehead atoms. The van der Waals surface area contributed by atoms with Gasteiger partial charge in [-0.25, -0.2) is 0 Å². The van der Waals surface area contributed by atoms with Crippen LogP contribution in [-0.2, 0) is 9.59 Å². The number of methoxy groups -OCH3 is 2. The zero-order chi connectivity index (χ0) is 20.8. The maximum absolute atomic E-state index is 12.1. The molecule has 0 heterocycles. The minimum Gasteiger partial charge on any atom is -0.504 e. The Bertz CT molecular complexity index is 979. The molecule has 0 saturated carbocycles. The molecular formula is C20H20N2O6. The fraction of sp³-hybridized carbons (Fsp3) is 0.100. The SMILES string of the molecule is COc1cc(/C=C(\C(N)=O)c2cc(/C=C/C(N)=O)cc(OC)c2O)ccc1O. The van der Waals surface area contributed by atoms with Crippen molar-refractivity contribution in [2.45, 2.75) is 0 Å². The number of ether oxygens (including phenoxy) is 2. The van der Waals surface area contributed by atoms with Crippen LogP contribution in [0.25, 0.3) is 17.7 Å². The van der Waals surface area contributed by atoms with Gasteiger partial charge in [-0.1, -0.05) is 6.07 Å². The molecule has 2 rings (SSSR count). The second-order valence-electron chi connectivity index (χ2n) is 5.71. The van der Waals surface area contributed by atoms with Gasteiger partial charge in [-0.05, 0) is 47.5 Å². The number of hydrogen-bond donors (Lipinski definition) is 4. The highest BCUT2D eigenvalue weighted by Gasteiger charge is 2.18. The van der Waals surface area contributed by atoms with Crippen molar-refractivity contribution in [3.05, 3.63) is 53.1 Å². The molecule has 6 N–H and O–H groups in total. The van der Waals surface area contributed by atoms with Crippen LogP contribution in [0.5, 0.6) is 23.0 Å². The zero-order valence-electron chi connectivity index (χ0n) is 15.3. The first kappa shape index (κ1) is 20.4. The van der Waals surface area contributed by atoms with E-state index in [1.807, 2.05) is 0 Å². The summed E-state index contributed by atoms with van der Waals surface area (Å²) in [5.74, 6) is -1.54. The normalized spacial score (nSPS) is 11.4. The van der Waals surface area contributed by atoms with Gasteiger partial charge in [0.1, 0.15) is 0 Å². The summed E-state index contributed by atoms with van der Waals surface area (Å²) in [6.07, 6.45) is 3.98. The average molecular weight is 384 g/mol. The van der Waals surface area contributed by atoms with Crippen molar-refractivity contribution in [3.63, 3.8) is 0 Å². The Balaban J connectivity index is 2.67. The van der Waals surface area contributed by atoms with Gasteiger partial charge in [0.2, 0.25) is 11.8 Å². The Labute approximate surface area is 161 Å². The van der Waals surface area contributed by atoms with Gasteiger partial charge >= 0.3 is 0 Å². The van der Waals surface area contributed by atoms with Crippen LogP contribution in [0.3, 0.4) is 0 Å². The lowest BCUT2D eigenvalue weighted by atomic mass is 9.98. The number of phenols is 2. The van der Waals surface area contributed by atoms with Gasteiger partial charge in [-0.2, -0.15) is 0 Å². The maximum atomic E-state index is 12.1. The number of phenolic OH excluding ortho intramolecular Hbond substituents is 2. The molecule has 0 aliphatic heterocycles. The van der Waals surface area contributed by atoms with E-state index >= 15 is 0 Å². The summed E-state index contributed by atoms with van der Waals surface area (Å²) in [7, 11) is 2.74. The first-order valence-corrected chi connectivity index (χ1v) is 8.04. The Morgan fingerprint density at radius 1 is 0.964 bits per heavy atom. The third-order valence-electron chi connectivity index (χ3n) is 3.83. The van der Waals surface area contributed by atoms with Crippen molar-refractivity contribution in [1.82, 2.24) is 0 Å². The molecule has 0 atom stereocenters. The maximum Gasteiger partial charge on any atom is 0.249 e. The largest absolute Gasteiger partial charge is 0.504 e. The third kappa shape index (κ3) is 4.61. The minimum absolute atomic E-state index is 0.0159. The fourth-order valence-corrected chi connectivity index (χ4v) is 2.50. The summed E-state index contributed by atoms with van der Waals surface area (Å²) in [5.41, 5.74) is 11.7. The third-order valence-corrected chi connectivity index (χ3v) is 3.83. The fourth-order valence-electron chi connectivity index (χ4n) is 2.50. The van der Waals surface area contributed by atoms with E-state index in [4.69, 9.17) is 20.9 Å². The number of primary amides is 2. The van der Waals surface area contributed by atoms with Gasteiger partial charge in [0.05, 0.1) is 19.8 Å². The van der Waals surface area contributed by atoms with Crippen molar-refractivity contribution in [1.29, 1.82) is 0 Å². The van der Waals surface area contributed by atoms with Crippen molar-refractivity contribution < 1.29 is 29.3 Å². The summed E-state index contributed by atoms with van der Waals surface area (Å²) in [5, 5.41) is 20.2. The lowest BCUT2D eigenvalue weighted by Crippen LogP contribution is -2.13. The van der Waals surface area contributed by atoms with E-state index in [1.165, 1.54) is 50.6 Å². The molecule has 0 aliphatic rings. The molecule has 0 aliphatic carbocycles. The monoisotopic (exact) mass is 384 g/mol. The Hall–Kier alpha value is -3.94. The lowest BCUT2D eigenvalue weighted by Gasteiger charge is -2.12. The molecule has 2 aromatic carbocycles. The van der Waals surface area contributed by atoms with E-state index in [2.05, 4.69) is 0 Å². The van der Waals surface area contributed by atoms with Crippen LogP contribution in [0.2, 0.25) is 0 Å². The van der Waals surface area contributed by atoms with Crippen molar-refractivity contribution in [3.8, 4) is 23.0 Å². The number of amides is 2. The quantitative estimate of drug-likeness (QED) is 0.422. The predicted molar refractivity (Wildman–Crippen MR) is 105 cm³/mol. The van der Waals surface area contributed by atoms with Crippen LogP contribution < -0.4 is 20.9 Å². The smallest absolute Gasteiger partial charge is 0.249 e. The van der Waals surface area contributed by atoms with Gasteiger partial charge in [-0.15, -0.1) is 0 Å². The predicted octanol–water partition coefficient (Wildman–Crippen LogP) is 1.64. The molecule has 2 aromatic rings. The standard InChI is InChI=1S/C20H20N2O6/c1-27-16-9-11(3-5-15(16)23)8-14(20(22)26)13-7-12(4-6-18(21)24)10-17(28-2)19(13)25/h3-10,23,25H,1-2H3,(H2,21,24)(H2,22,26)/b6-4+,14-8-. The van der Waals surface area contributed by atoms with Crippen LogP contribution in [-0.4, -0.2) is 36.2 Å². The molecule has 0 saturated heterocycles. The number of aromatic hydroxyl groups is 2. The first-order valence-electron chi connectivity index (χ1n) is 8.04. The zero-order valence-corrected chi connectivity index (χ0v) is 15.3. The number of carbonyl (C=O) groups is 2. The Morgan fingerprint density at radius 3 is 2.18 bits per heavy atom. The number of benzene rings is 2. The summed E-state index contributed by atoms with van der Waals surface area (Å²) in [6, 6.07) is 7.39. The molecule has 0 unspecified atom stereocenters. The van der Waals surface area contributed by atoms with E-state index in [1.54, 1.807) is 6.07 Å². The van der Waals surface area contributed by atoms with Gasteiger partial charge < -0.3 is 31.2 Å². The second kappa shape index (κ2) is 8.63. The second-order valence-corrected chi connectivity index (χ2v) is 5.71. The highest BCUT2D eigenvalue weighted by Crippen LogP contribution is 2.37. The molecule has 2 amide bonds. The average Bonchev–Trinajstić information content (AvgIpc) is 2.66. The molecule has 0 radical (unpaired) electrons. The van der Waals surface area contributed by atoms with E-state index in [9.17, 15) is 19.8 Å². The van der Waals surface area contributed by atoms with Crippen LogP contribution in [0.15, 0.2) is 36.4 Å². The molecule has 0 aromatic heterocycles. The highest BCUT2D eigenvalue weighted by atomic mass is 16.5. The van der Waals surface area contributed by atoms with Gasteiger partial charge in [0, 0.05) is 11.6 Å². The number of hydrogen-bond acceptors (Lipinski definition) is 6. The molecule has 146 valence electrons. The summed E-state index contributed by atoms with van der Waals surface area (Å²) >= 11 is 0. The van der Waals surface area contributed by atoms with Gasteiger partial charge in [0.15, 0.2) is 23.0 Å². The van der Waals surface area contributed by atoms with Gasteiger partial charge in [-0.3, -0.25) is 9.59 Å². The molecule has 28 heavy (non-hydrogen) atoms. The van der Waals surface area contributed by atoms with E-state index < -0.39 is 11.8 Å². The van der Waals surface area contributed by atoms with Crippen LogP contribution >= 0.6 is 0 Å².